The quantitative estimate of drug-likeness (QED) is 0.939. The molecule has 0 fully saturated rings. The Bertz CT molecular complexity index is 608. The molecule has 0 spiro atoms. The molecule has 18 heavy (non-hydrogen) atoms. The molecule has 1 heterocycles. The van der Waals surface area contributed by atoms with Crippen molar-refractivity contribution >= 4 is 29.2 Å². The van der Waals surface area contributed by atoms with Gasteiger partial charge < -0.3 is 5.11 Å². The summed E-state index contributed by atoms with van der Waals surface area (Å²) >= 11 is 11.9. The molecule has 0 aliphatic heterocycles. The molecule has 0 unspecified atom stereocenters. The van der Waals surface area contributed by atoms with Gasteiger partial charge in [0.2, 0.25) is 0 Å². The third kappa shape index (κ3) is 2.35. The van der Waals surface area contributed by atoms with Crippen LogP contribution in [0.1, 0.15) is 23.0 Å². The predicted octanol–water partition coefficient (Wildman–Crippen LogP) is 3.44. The fourth-order valence-electron chi connectivity index (χ4n) is 1.64. The van der Waals surface area contributed by atoms with Crippen LogP contribution in [0, 0.1) is 0 Å². The van der Waals surface area contributed by atoms with Crippen molar-refractivity contribution in [3.8, 4) is 5.69 Å². The summed E-state index contributed by atoms with van der Waals surface area (Å²) in [6.07, 6.45) is 2.26. The second-order valence-corrected chi connectivity index (χ2v) is 4.55. The van der Waals surface area contributed by atoms with E-state index in [1.807, 2.05) is 6.92 Å². The van der Waals surface area contributed by atoms with Crippen LogP contribution >= 0.6 is 23.2 Å². The Hall–Kier alpha value is -1.52. The molecule has 2 aromatic rings. The number of aryl methyl sites for hydroxylation is 1. The van der Waals surface area contributed by atoms with Crippen molar-refractivity contribution in [2.24, 2.45) is 0 Å². The van der Waals surface area contributed by atoms with Gasteiger partial charge >= 0.3 is 5.97 Å². The molecular weight excluding hydrogens is 275 g/mol. The molecule has 6 heteroatoms. The molecule has 0 radical (unpaired) electrons. The molecule has 0 aliphatic carbocycles. The lowest BCUT2D eigenvalue weighted by Gasteiger charge is -2.03. The standard InChI is InChI=1S/C12H10Cl2N2O2/c1-2-7-6-16(15-11(7)12(17)18)10-4-3-8(13)5-9(10)14/h3-6H,2H2,1H3,(H,17,18). The number of carboxylic acid groups (broad SMARTS) is 1. The summed E-state index contributed by atoms with van der Waals surface area (Å²) in [6.45, 7) is 1.87. The first-order valence-electron chi connectivity index (χ1n) is 5.30. The number of carbonyl (C=O) groups is 1. The van der Waals surface area contributed by atoms with Crippen LogP contribution in [0.3, 0.4) is 0 Å². The maximum Gasteiger partial charge on any atom is 0.356 e. The fraction of sp³-hybridized carbons (Fsp3) is 0.167. The number of nitrogens with zero attached hydrogens (tertiary/aromatic N) is 2. The first-order valence-corrected chi connectivity index (χ1v) is 6.05. The number of hydrogen-bond donors (Lipinski definition) is 1. The van der Waals surface area contributed by atoms with E-state index in [1.165, 1.54) is 4.68 Å². The lowest BCUT2D eigenvalue weighted by molar-refractivity contribution is 0.0689. The predicted molar refractivity (Wildman–Crippen MR) is 69.9 cm³/mol. The zero-order chi connectivity index (χ0) is 13.3. The van der Waals surface area contributed by atoms with Gasteiger partial charge in [0, 0.05) is 16.8 Å². The number of carboxylic acids is 1. The van der Waals surface area contributed by atoms with Crippen molar-refractivity contribution in [1.29, 1.82) is 0 Å². The highest BCUT2D eigenvalue weighted by Gasteiger charge is 2.16. The van der Waals surface area contributed by atoms with Gasteiger partial charge in [-0.2, -0.15) is 5.10 Å². The zero-order valence-corrected chi connectivity index (χ0v) is 11.0. The molecule has 1 N–H and O–H groups in total. The third-order valence-electron chi connectivity index (χ3n) is 2.53. The lowest BCUT2D eigenvalue weighted by Crippen LogP contribution is -2.02. The molecule has 0 bridgehead atoms. The Labute approximate surface area is 114 Å². The van der Waals surface area contributed by atoms with Crippen LogP contribution in [-0.2, 0) is 6.42 Å². The number of hydrogen-bond acceptors (Lipinski definition) is 2. The van der Waals surface area contributed by atoms with Crippen LogP contribution in [-0.4, -0.2) is 20.9 Å². The number of aromatic nitrogens is 2. The van der Waals surface area contributed by atoms with Gasteiger partial charge in [-0.3, -0.25) is 0 Å². The number of aromatic carboxylic acids is 1. The second kappa shape index (κ2) is 5.00. The molecule has 0 atom stereocenters. The van der Waals surface area contributed by atoms with Crippen molar-refractivity contribution in [3.63, 3.8) is 0 Å². The molecule has 1 aromatic carbocycles. The van der Waals surface area contributed by atoms with Gasteiger partial charge in [-0.1, -0.05) is 30.1 Å². The summed E-state index contributed by atoms with van der Waals surface area (Å²) < 4.78 is 1.46. The second-order valence-electron chi connectivity index (χ2n) is 3.70. The van der Waals surface area contributed by atoms with Crippen molar-refractivity contribution in [2.45, 2.75) is 13.3 Å². The molecule has 4 nitrogen and oxygen atoms in total. The van der Waals surface area contributed by atoms with E-state index in [0.717, 1.165) is 0 Å². The number of rotatable bonds is 3. The molecule has 0 aliphatic rings. The molecule has 94 valence electrons. The lowest BCUT2D eigenvalue weighted by atomic mass is 10.2. The van der Waals surface area contributed by atoms with E-state index in [9.17, 15) is 4.79 Å². The topological polar surface area (TPSA) is 55.1 Å². The normalized spacial score (nSPS) is 10.6. The number of halogens is 2. The van der Waals surface area contributed by atoms with Gasteiger partial charge in [-0.15, -0.1) is 0 Å². The minimum atomic E-state index is -1.05. The molecular formula is C12H10Cl2N2O2. The molecule has 0 saturated heterocycles. The van der Waals surface area contributed by atoms with E-state index in [4.69, 9.17) is 28.3 Å². The highest BCUT2D eigenvalue weighted by atomic mass is 35.5. The van der Waals surface area contributed by atoms with Crippen molar-refractivity contribution in [1.82, 2.24) is 9.78 Å². The van der Waals surface area contributed by atoms with E-state index in [1.54, 1.807) is 24.4 Å². The van der Waals surface area contributed by atoms with Crippen LogP contribution in [0.5, 0.6) is 0 Å². The Morgan fingerprint density at radius 2 is 2.17 bits per heavy atom. The largest absolute Gasteiger partial charge is 0.476 e. The van der Waals surface area contributed by atoms with Gasteiger partial charge in [-0.25, -0.2) is 9.48 Å². The maximum absolute atomic E-state index is 11.0. The zero-order valence-electron chi connectivity index (χ0n) is 9.52. The summed E-state index contributed by atoms with van der Waals surface area (Å²) in [6, 6.07) is 4.96. The van der Waals surface area contributed by atoms with Gasteiger partial charge in [0.1, 0.15) is 0 Å². The van der Waals surface area contributed by atoms with Crippen LogP contribution < -0.4 is 0 Å². The summed E-state index contributed by atoms with van der Waals surface area (Å²) in [7, 11) is 0. The molecule has 1 aromatic heterocycles. The summed E-state index contributed by atoms with van der Waals surface area (Å²) in [4.78, 5) is 11.0. The Morgan fingerprint density at radius 1 is 1.44 bits per heavy atom. The number of benzene rings is 1. The first kappa shape index (κ1) is 12.9. The fourth-order valence-corrected chi connectivity index (χ4v) is 2.13. The van der Waals surface area contributed by atoms with E-state index in [2.05, 4.69) is 5.10 Å². The maximum atomic E-state index is 11.0. The summed E-state index contributed by atoms with van der Waals surface area (Å²) in [5.74, 6) is -1.05. The molecule has 0 saturated carbocycles. The Morgan fingerprint density at radius 3 is 2.67 bits per heavy atom. The SMILES string of the molecule is CCc1cn(-c2ccc(Cl)cc2Cl)nc1C(=O)O. The average molecular weight is 285 g/mol. The van der Waals surface area contributed by atoms with Crippen LogP contribution in [0.15, 0.2) is 24.4 Å². The van der Waals surface area contributed by atoms with Gasteiger partial charge in [0.25, 0.3) is 0 Å². The monoisotopic (exact) mass is 284 g/mol. The smallest absolute Gasteiger partial charge is 0.356 e. The van der Waals surface area contributed by atoms with E-state index < -0.39 is 5.97 Å². The van der Waals surface area contributed by atoms with Gasteiger partial charge in [-0.05, 0) is 24.6 Å². The van der Waals surface area contributed by atoms with Crippen LogP contribution in [0.4, 0.5) is 0 Å². The van der Waals surface area contributed by atoms with Crippen molar-refractivity contribution < 1.29 is 9.90 Å². The molecule has 0 amide bonds. The Kier molecular flexibility index (Phi) is 3.59. The summed E-state index contributed by atoms with van der Waals surface area (Å²) in [5, 5.41) is 14.0. The van der Waals surface area contributed by atoms with E-state index in [-0.39, 0.29) is 5.69 Å². The van der Waals surface area contributed by atoms with Crippen molar-refractivity contribution in [2.75, 3.05) is 0 Å². The summed E-state index contributed by atoms with van der Waals surface area (Å²) in [5.41, 5.74) is 1.31. The minimum absolute atomic E-state index is 0.0449. The van der Waals surface area contributed by atoms with Crippen LogP contribution in [0.25, 0.3) is 5.69 Å². The van der Waals surface area contributed by atoms with Gasteiger partial charge in [0.15, 0.2) is 5.69 Å². The molecule has 2 rings (SSSR count). The minimum Gasteiger partial charge on any atom is -0.476 e. The Balaban J connectivity index is 2.54. The van der Waals surface area contributed by atoms with Gasteiger partial charge in [0.05, 0.1) is 10.7 Å². The highest BCUT2D eigenvalue weighted by molar-refractivity contribution is 6.35. The van der Waals surface area contributed by atoms with E-state index >= 15 is 0 Å². The third-order valence-corrected chi connectivity index (χ3v) is 3.07. The first-order chi connectivity index (χ1) is 8.52. The highest BCUT2D eigenvalue weighted by Crippen LogP contribution is 2.24. The van der Waals surface area contributed by atoms with E-state index in [0.29, 0.717) is 27.7 Å². The van der Waals surface area contributed by atoms with Crippen LogP contribution in [0.2, 0.25) is 10.0 Å². The van der Waals surface area contributed by atoms with Crippen molar-refractivity contribution in [3.05, 3.63) is 45.7 Å². The average Bonchev–Trinajstić information content (AvgIpc) is 2.73.